The number of thiocarbonyl (C=S) groups is 1. The fourth-order valence-corrected chi connectivity index (χ4v) is 4.35. The molecule has 3 aromatic carbocycles. The summed E-state index contributed by atoms with van der Waals surface area (Å²) in [6, 6.07) is 20.4. The van der Waals surface area contributed by atoms with Crippen LogP contribution in [0.15, 0.2) is 65.6 Å². The first-order valence-electron chi connectivity index (χ1n) is 8.94. The van der Waals surface area contributed by atoms with Crippen molar-refractivity contribution in [3.63, 3.8) is 0 Å². The van der Waals surface area contributed by atoms with E-state index in [0.717, 1.165) is 27.6 Å². The number of amides is 1. The minimum absolute atomic E-state index is 0.0763. The molecule has 1 aliphatic heterocycles. The predicted molar refractivity (Wildman–Crippen MR) is 120 cm³/mol. The van der Waals surface area contributed by atoms with Crippen molar-refractivity contribution in [3.05, 3.63) is 82.3 Å². The molecule has 140 valence electrons. The molecule has 0 spiro atoms. The molecule has 0 aromatic heterocycles. The Labute approximate surface area is 174 Å². The zero-order valence-electron chi connectivity index (χ0n) is 15.6. The standard InChI is InChI=1S/C23H19NO2S2/c1-15-6-5-7-16(12-15)14-26-20-11-10-17-8-3-4-9-18(17)19(20)13-21-22(25)24(2)23(27)28-21/h3-13H,14H2,1-2H3/b21-13-. The maximum Gasteiger partial charge on any atom is 0.265 e. The summed E-state index contributed by atoms with van der Waals surface area (Å²) in [5.41, 5.74) is 3.21. The number of fused-ring (bicyclic) bond motifs is 1. The highest BCUT2D eigenvalue weighted by molar-refractivity contribution is 8.26. The molecule has 0 saturated carbocycles. The molecular formula is C23H19NO2S2. The Morgan fingerprint density at radius 3 is 2.68 bits per heavy atom. The molecule has 1 amide bonds. The van der Waals surface area contributed by atoms with Crippen LogP contribution < -0.4 is 4.74 Å². The van der Waals surface area contributed by atoms with Crippen molar-refractivity contribution in [2.75, 3.05) is 7.05 Å². The van der Waals surface area contributed by atoms with Crippen LogP contribution in [0.2, 0.25) is 0 Å². The van der Waals surface area contributed by atoms with E-state index in [2.05, 4.69) is 31.2 Å². The third-order valence-corrected chi connectivity index (χ3v) is 6.15. The van der Waals surface area contributed by atoms with Crippen LogP contribution in [0.3, 0.4) is 0 Å². The van der Waals surface area contributed by atoms with Gasteiger partial charge < -0.3 is 4.74 Å². The van der Waals surface area contributed by atoms with Gasteiger partial charge in [0.15, 0.2) is 0 Å². The van der Waals surface area contributed by atoms with Gasteiger partial charge in [-0.1, -0.05) is 84.1 Å². The third-order valence-electron chi connectivity index (χ3n) is 4.67. The van der Waals surface area contributed by atoms with Crippen molar-refractivity contribution in [2.24, 2.45) is 0 Å². The zero-order chi connectivity index (χ0) is 19.7. The number of hydrogen-bond acceptors (Lipinski definition) is 4. The number of aryl methyl sites for hydroxylation is 1. The molecule has 0 radical (unpaired) electrons. The van der Waals surface area contributed by atoms with E-state index >= 15 is 0 Å². The normalized spacial score (nSPS) is 15.6. The first-order valence-corrected chi connectivity index (χ1v) is 10.2. The summed E-state index contributed by atoms with van der Waals surface area (Å²) in [5.74, 6) is 0.675. The van der Waals surface area contributed by atoms with Gasteiger partial charge >= 0.3 is 0 Å². The smallest absolute Gasteiger partial charge is 0.265 e. The van der Waals surface area contributed by atoms with Crippen LogP contribution >= 0.6 is 24.0 Å². The summed E-state index contributed by atoms with van der Waals surface area (Å²) in [5, 5.41) is 2.15. The van der Waals surface area contributed by atoms with Crippen molar-refractivity contribution in [1.29, 1.82) is 0 Å². The van der Waals surface area contributed by atoms with E-state index < -0.39 is 0 Å². The second-order valence-electron chi connectivity index (χ2n) is 6.72. The maximum absolute atomic E-state index is 12.5. The summed E-state index contributed by atoms with van der Waals surface area (Å²) in [6.45, 7) is 2.54. The van der Waals surface area contributed by atoms with E-state index in [0.29, 0.717) is 15.8 Å². The number of carbonyl (C=O) groups excluding carboxylic acids is 1. The van der Waals surface area contributed by atoms with Gasteiger partial charge in [-0.05, 0) is 35.4 Å². The molecule has 3 aromatic rings. The minimum Gasteiger partial charge on any atom is -0.488 e. The lowest BCUT2D eigenvalue weighted by Gasteiger charge is -2.13. The van der Waals surface area contributed by atoms with Crippen LogP contribution in [0.1, 0.15) is 16.7 Å². The molecule has 1 heterocycles. The molecule has 0 bridgehead atoms. The van der Waals surface area contributed by atoms with Crippen molar-refractivity contribution >= 4 is 51.1 Å². The SMILES string of the molecule is Cc1cccc(COc2ccc3ccccc3c2/C=C2\SC(=S)N(C)C2=O)c1. The highest BCUT2D eigenvalue weighted by Gasteiger charge is 2.29. The van der Waals surface area contributed by atoms with E-state index in [1.165, 1.54) is 22.2 Å². The Kier molecular flexibility index (Phi) is 5.20. The second-order valence-corrected chi connectivity index (χ2v) is 8.39. The van der Waals surface area contributed by atoms with Gasteiger partial charge in [0.05, 0.1) is 4.91 Å². The lowest BCUT2D eigenvalue weighted by Crippen LogP contribution is -2.22. The molecular weight excluding hydrogens is 386 g/mol. The fraction of sp³-hybridized carbons (Fsp3) is 0.130. The molecule has 0 atom stereocenters. The monoisotopic (exact) mass is 405 g/mol. The van der Waals surface area contributed by atoms with Crippen LogP contribution in [0.4, 0.5) is 0 Å². The number of carbonyl (C=O) groups is 1. The van der Waals surface area contributed by atoms with Crippen molar-refractivity contribution in [3.8, 4) is 5.75 Å². The molecule has 4 rings (SSSR count). The van der Waals surface area contributed by atoms with Crippen LogP contribution in [-0.4, -0.2) is 22.2 Å². The van der Waals surface area contributed by atoms with Crippen LogP contribution in [0.5, 0.6) is 5.75 Å². The van der Waals surface area contributed by atoms with Gasteiger partial charge in [0.25, 0.3) is 5.91 Å². The van der Waals surface area contributed by atoms with Gasteiger partial charge in [0, 0.05) is 12.6 Å². The summed E-state index contributed by atoms with van der Waals surface area (Å²) in [6.07, 6.45) is 1.90. The molecule has 0 N–H and O–H groups in total. The molecule has 3 nitrogen and oxygen atoms in total. The van der Waals surface area contributed by atoms with Gasteiger partial charge in [-0.15, -0.1) is 0 Å². The summed E-state index contributed by atoms with van der Waals surface area (Å²) in [7, 11) is 1.71. The Hall–Kier alpha value is -2.63. The first-order chi connectivity index (χ1) is 13.5. The quantitative estimate of drug-likeness (QED) is 0.420. The lowest BCUT2D eigenvalue weighted by molar-refractivity contribution is -0.121. The summed E-state index contributed by atoms with van der Waals surface area (Å²) >= 11 is 6.59. The van der Waals surface area contributed by atoms with Crippen LogP contribution in [-0.2, 0) is 11.4 Å². The number of thioether (sulfide) groups is 1. The molecule has 0 unspecified atom stereocenters. The van der Waals surface area contributed by atoms with E-state index in [1.807, 2.05) is 42.5 Å². The van der Waals surface area contributed by atoms with Gasteiger partial charge in [-0.2, -0.15) is 0 Å². The molecule has 1 aliphatic rings. The molecule has 28 heavy (non-hydrogen) atoms. The van der Waals surface area contributed by atoms with Gasteiger partial charge in [-0.25, -0.2) is 0 Å². The topological polar surface area (TPSA) is 29.5 Å². The average Bonchev–Trinajstić information content (AvgIpc) is 2.94. The molecule has 0 aliphatic carbocycles. The first kappa shape index (κ1) is 18.7. The van der Waals surface area contributed by atoms with E-state index in [-0.39, 0.29) is 5.91 Å². The number of hydrogen-bond donors (Lipinski definition) is 0. The van der Waals surface area contributed by atoms with Crippen molar-refractivity contribution in [1.82, 2.24) is 4.90 Å². The maximum atomic E-state index is 12.5. The Balaban J connectivity index is 1.75. The van der Waals surface area contributed by atoms with Gasteiger partial charge in [-0.3, -0.25) is 9.69 Å². The molecule has 1 saturated heterocycles. The summed E-state index contributed by atoms with van der Waals surface area (Å²) in [4.78, 5) is 14.6. The summed E-state index contributed by atoms with van der Waals surface area (Å²) < 4.78 is 6.74. The van der Waals surface area contributed by atoms with E-state index in [1.54, 1.807) is 7.05 Å². The largest absolute Gasteiger partial charge is 0.488 e. The van der Waals surface area contributed by atoms with Crippen LogP contribution in [0.25, 0.3) is 16.8 Å². The van der Waals surface area contributed by atoms with Crippen LogP contribution in [0, 0.1) is 6.92 Å². The predicted octanol–water partition coefficient (Wildman–Crippen LogP) is 5.56. The molecule has 1 fully saturated rings. The minimum atomic E-state index is -0.0763. The number of likely N-dealkylation sites (N-methyl/N-ethyl adjacent to an activating group) is 1. The second kappa shape index (κ2) is 7.78. The van der Waals surface area contributed by atoms with E-state index in [4.69, 9.17) is 17.0 Å². The Morgan fingerprint density at radius 1 is 1.11 bits per heavy atom. The fourth-order valence-electron chi connectivity index (χ4n) is 3.19. The van der Waals surface area contributed by atoms with Crippen molar-refractivity contribution < 1.29 is 9.53 Å². The van der Waals surface area contributed by atoms with Crippen molar-refractivity contribution in [2.45, 2.75) is 13.5 Å². The number of benzene rings is 3. The number of ether oxygens (including phenoxy) is 1. The third kappa shape index (κ3) is 3.68. The lowest BCUT2D eigenvalue weighted by atomic mass is 10.0. The zero-order valence-corrected chi connectivity index (χ0v) is 17.3. The Bertz CT molecular complexity index is 1120. The highest BCUT2D eigenvalue weighted by Crippen LogP contribution is 2.36. The average molecular weight is 406 g/mol. The van der Waals surface area contributed by atoms with Gasteiger partial charge in [0.1, 0.15) is 16.7 Å². The highest BCUT2D eigenvalue weighted by atomic mass is 32.2. The number of rotatable bonds is 4. The molecule has 5 heteroatoms. The van der Waals surface area contributed by atoms with Gasteiger partial charge in [0.2, 0.25) is 0 Å². The Morgan fingerprint density at radius 2 is 1.93 bits per heavy atom. The number of nitrogens with zero attached hydrogens (tertiary/aromatic N) is 1. The van der Waals surface area contributed by atoms with E-state index in [9.17, 15) is 4.79 Å².